The topological polar surface area (TPSA) is 67.8 Å². The monoisotopic (exact) mass is 451 g/mol. The van der Waals surface area contributed by atoms with Crippen LogP contribution in [0.4, 0.5) is 26.3 Å². The van der Waals surface area contributed by atoms with E-state index in [2.05, 4.69) is 10.1 Å². The molecule has 0 spiro atoms. The molecular formula is C20H19F6NO4. The van der Waals surface area contributed by atoms with Crippen LogP contribution < -0.4 is 10.1 Å². The van der Waals surface area contributed by atoms with Crippen molar-refractivity contribution in [2.75, 3.05) is 19.8 Å². The van der Waals surface area contributed by atoms with Gasteiger partial charge in [-0.2, -0.15) is 26.3 Å². The van der Waals surface area contributed by atoms with Gasteiger partial charge >= 0.3 is 12.4 Å². The zero-order valence-corrected chi connectivity index (χ0v) is 16.0. The van der Waals surface area contributed by atoms with Crippen molar-refractivity contribution in [2.24, 2.45) is 0 Å². The predicted molar refractivity (Wildman–Crippen MR) is 97.4 cm³/mol. The predicted octanol–water partition coefficient (Wildman–Crippen LogP) is 3.95. The molecule has 2 N–H and O–H groups in total. The van der Waals surface area contributed by atoms with Gasteiger partial charge in [-0.1, -0.05) is 18.2 Å². The maximum atomic E-state index is 12.7. The van der Waals surface area contributed by atoms with E-state index in [1.165, 1.54) is 36.4 Å². The molecule has 170 valence electrons. The van der Waals surface area contributed by atoms with Crippen molar-refractivity contribution in [3.8, 4) is 5.75 Å². The number of aliphatic hydroxyl groups excluding tert-OH is 1. The molecule has 31 heavy (non-hydrogen) atoms. The normalized spacial score (nSPS) is 13.0. The number of carbonyl (C=O) groups excluding carboxylic acids is 1. The van der Waals surface area contributed by atoms with Crippen LogP contribution in [-0.2, 0) is 17.5 Å². The summed E-state index contributed by atoms with van der Waals surface area (Å²) in [6.45, 7) is -2.23. The molecule has 1 unspecified atom stereocenters. The Balaban J connectivity index is 1.76. The summed E-state index contributed by atoms with van der Waals surface area (Å²) in [6.07, 6.45) is -10.1. The van der Waals surface area contributed by atoms with Crippen LogP contribution in [0.1, 0.15) is 21.5 Å². The standard InChI is InChI=1S/C20H19F6NO4/c21-19(22,23)12-30-10-13-4-6-14(7-5-13)18(29)27-9-16(28)11-31-17-3-1-2-15(8-17)20(24,25)26/h1-8,16,28H,9-12H2,(H,27,29). The first-order valence-electron chi connectivity index (χ1n) is 8.94. The van der Waals surface area contributed by atoms with E-state index in [9.17, 15) is 36.2 Å². The Hall–Kier alpha value is -2.79. The van der Waals surface area contributed by atoms with Crippen molar-refractivity contribution in [2.45, 2.75) is 25.1 Å². The Labute approximate surface area is 173 Å². The SMILES string of the molecule is O=C(NCC(O)COc1cccc(C(F)(F)F)c1)c1ccc(COCC(F)(F)F)cc1. The highest BCUT2D eigenvalue weighted by Gasteiger charge is 2.30. The third-order valence-electron chi connectivity index (χ3n) is 3.85. The molecule has 0 aliphatic heterocycles. The molecule has 1 atom stereocenters. The number of aliphatic hydroxyl groups is 1. The Morgan fingerprint density at radius 1 is 1.03 bits per heavy atom. The van der Waals surface area contributed by atoms with Gasteiger partial charge in [0.25, 0.3) is 5.91 Å². The van der Waals surface area contributed by atoms with E-state index in [0.29, 0.717) is 5.56 Å². The molecule has 1 amide bonds. The van der Waals surface area contributed by atoms with Crippen molar-refractivity contribution < 1.29 is 45.7 Å². The van der Waals surface area contributed by atoms with Gasteiger partial charge in [-0.05, 0) is 35.9 Å². The largest absolute Gasteiger partial charge is 0.491 e. The molecule has 0 radical (unpaired) electrons. The van der Waals surface area contributed by atoms with Crippen LogP contribution in [0.2, 0.25) is 0 Å². The van der Waals surface area contributed by atoms with Crippen molar-refractivity contribution in [3.05, 3.63) is 65.2 Å². The second-order valence-electron chi connectivity index (χ2n) is 6.51. The van der Waals surface area contributed by atoms with Gasteiger partial charge in [0.15, 0.2) is 0 Å². The molecule has 0 heterocycles. The van der Waals surface area contributed by atoms with Crippen molar-refractivity contribution in [1.29, 1.82) is 0 Å². The van der Waals surface area contributed by atoms with E-state index < -0.39 is 36.5 Å². The minimum Gasteiger partial charge on any atom is -0.491 e. The molecule has 2 aromatic carbocycles. The number of hydrogen-bond donors (Lipinski definition) is 2. The maximum Gasteiger partial charge on any atom is 0.416 e. The third kappa shape index (κ3) is 8.85. The fourth-order valence-corrected chi connectivity index (χ4v) is 2.36. The van der Waals surface area contributed by atoms with Crippen LogP contribution in [0.3, 0.4) is 0 Å². The lowest BCUT2D eigenvalue weighted by molar-refractivity contribution is -0.176. The van der Waals surface area contributed by atoms with Crippen LogP contribution in [-0.4, -0.2) is 43.1 Å². The second kappa shape index (κ2) is 10.5. The van der Waals surface area contributed by atoms with Crippen molar-refractivity contribution >= 4 is 5.91 Å². The minimum atomic E-state index is -4.52. The van der Waals surface area contributed by atoms with E-state index in [1.807, 2.05) is 0 Å². The molecule has 0 saturated heterocycles. The lowest BCUT2D eigenvalue weighted by Gasteiger charge is -2.14. The Morgan fingerprint density at radius 3 is 2.32 bits per heavy atom. The highest BCUT2D eigenvalue weighted by Crippen LogP contribution is 2.31. The molecule has 2 rings (SSSR count). The Kier molecular flexibility index (Phi) is 8.28. The number of halogens is 6. The lowest BCUT2D eigenvalue weighted by Crippen LogP contribution is -2.35. The smallest absolute Gasteiger partial charge is 0.416 e. The molecule has 0 fully saturated rings. The minimum absolute atomic E-state index is 0.0801. The van der Waals surface area contributed by atoms with Crippen LogP contribution in [0.5, 0.6) is 5.75 Å². The summed E-state index contributed by atoms with van der Waals surface area (Å²) < 4.78 is 83.8. The summed E-state index contributed by atoms with van der Waals surface area (Å²) in [5.74, 6) is -0.635. The molecule has 0 saturated carbocycles. The molecule has 0 aliphatic rings. The van der Waals surface area contributed by atoms with Crippen LogP contribution >= 0.6 is 0 Å². The number of hydrogen-bond acceptors (Lipinski definition) is 4. The Bertz CT molecular complexity index is 852. The lowest BCUT2D eigenvalue weighted by atomic mass is 10.1. The highest BCUT2D eigenvalue weighted by molar-refractivity contribution is 5.94. The third-order valence-corrected chi connectivity index (χ3v) is 3.85. The maximum absolute atomic E-state index is 12.7. The first-order chi connectivity index (χ1) is 14.4. The van der Waals surface area contributed by atoms with Crippen LogP contribution in [0.25, 0.3) is 0 Å². The summed E-state index contributed by atoms with van der Waals surface area (Å²) in [5.41, 5.74) is -0.249. The zero-order valence-electron chi connectivity index (χ0n) is 16.0. The van der Waals surface area contributed by atoms with Crippen LogP contribution in [0.15, 0.2) is 48.5 Å². The van der Waals surface area contributed by atoms with Crippen molar-refractivity contribution in [3.63, 3.8) is 0 Å². The first-order valence-corrected chi connectivity index (χ1v) is 8.94. The average molecular weight is 451 g/mol. The van der Waals surface area contributed by atoms with Gasteiger partial charge in [0.1, 0.15) is 25.1 Å². The second-order valence-corrected chi connectivity index (χ2v) is 6.51. The highest BCUT2D eigenvalue weighted by atomic mass is 19.4. The molecule has 5 nitrogen and oxygen atoms in total. The summed E-state index contributed by atoms with van der Waals surface area (Å²) in [6, 6.07) is 9.78. The molecular weight excluding hydrogens is 432 g/mol. The van der Waals surface area contributed by atoms with E-state index in [0.717, 1.165) is 12.1 Å². The van der Waals surface area contributed by atoms with Gasteiger partial charge in [-0.15, -0.1) is 0 Å². The van der Waals surface area contributed by atoms with Gasteiger partial charge in [-0.3, -0.25) is 4.79 Å². The molecule has 2 aromatic rings. The number of amides is 1. The molecule has 0 aliphatic carbocycles. The number of carbonyl (C=O) groups is 1. The zero-order chi connectivity index (χ0) is 23.1. The number of alkyl halides is 6. The number of ether oxygens (including phenoxy) is 2. The molecule has 11 heteroatoms. The van der Waals surface area contributed by atoms with Gasteiger partial charge in [-0.25, -0.2) is 0 Å². The fraction of sp³-hybridized carbons (Fsp3) is 0.350. The van der Waals surface area contributed by atoms with E-state index >= 15 is 0 Å². The van der Waals surface area contributed by atoms with Gasteiger partial charge in [0.2, 0.25) is 0 Å². The van der Waals surface area contributed by atoms with E-state index in [-0.39, 0.29) is 31.1 Å². The van der Waals surface area contributed by atoms with Crippen molar-refractivity contribution in [1.82, 2.24) is 5.32 Å². The summed E-state index contributed by atoms with van der Waals surface area (Å²) in [4.78, 5) is 12.1. The van der Waals surface area contributed by atoms with Gasteiger partial charge < -0.3 is 19.9 Å². The molecule has 0 aromatic heterocycles. The van der Waals surface area contributed by atoms with Crippen LogP contribution in [0, 0.1) is 0 Å². The van der Waals surface area contributed by atoms with E-state index in [1.54, 1.807) is 0 Å². The summed E-state index contributed by atoms with van der Waals surface area (Å²) in [5, 5.41) is 12.3. The number of rotatable bonds is 9. The summed E-state index contributed by atoms with van der Waals surface area (Å²) >= 11 is 0. The molecule has 0 bridgehead atoms. The Morgan fingerprint density at radius 2 is 1.71 bits per heavy atom. The fourth-order valence-electron chi connectivity index (χ4n) is 2.36. The quantitative estimate of drug-likeness (QED) is 0.567. The first kappa shape index (κ1) is 24.5. The van der Waals surface area contributed by atoms with E-state index in [4.69, 9.17) is 4.74 Å². The number of benzene rings is 2. The summed E-state index contributed by atoms with van der Waals surface area (Å²) in [7, 11) is 0. The average Bonchev–Trinajstić information content (AvgIpc) is 2.69. The van der Waals surface area contributed by atoms with Gasteiger partial charge in [0.05, 0.1) is 12.2 Å². The van der Waals surface area contributed by atoms with Gasteiger partial charge in [0, 0.05) is 12.1 Å². The number of nitrogens with one attached hydrogen (secondary N) is 1.